The van der Waals surface area contributed by atoms with Gasteiger partial charge in [-0.25, -0.2) is 0 Å². The SMILES string of the molecule is CCCC(C)OC(=O)CNc1ccc(C)cc1. The molecule has 0 aliphatic rings. The van der Waals surface area contributed by atoms with Crippen LogP contribution in [0.3, 0.4) is 0 Å². The Balaban J connectivity index is 2.30. The fourth-order valence-electron chi connectivity index (χ4n) is 1.58. The fourth-order valence-corrected chi connectivity index (χ4v) is 1.58. The second-order valence-electron chi connectivity index (χ2n) is 4.31. The van der Waals surface area contributed by atoms with Crippen LogP contribution in [-0.2, 0) is 9.53 Å². The number of esters is 1. The highest BCUT2D eigenvalue weighted by molar-refractivity contribution is 5.75. The molecule has 1 N–H and O–H groups in total. The van der Waals surface area contributed by atoms with E-state index in [4.69, 9.17) is 4.74 Å². The Hall–Kier alpha value is -1.51. The molecule has 0 fully saturated rings. The Bertz CT molecular complexity index is 346. The van der Waals surface area contributed by atoms with Crippen molar-refractivity contribution in [2.75, 3.05) is 11.9 Å². The molecule has 0 spiro atoms. The third kappa shape index (κ3) is 5.38. The lowest BCUT2D eigenvalue weighted by molar-refractivity contribution is -0.146. The van der Waals surface area contributed by atoms with E-state index < -0.39 is 0 Å². The maximum Gasteiger partial charge on any atom is 0.325 e. The van der Waals surface area contributed by atoms with Gasteiger partial charge in [0.1, 0.15) is 6.54 Å². The summed E-state index contributed by atoms with van der Waals surface area (Å²) >= 11 is 0. The lowest BCUT2D eigenvalue weighted by atomic mass is 10.2. The quantitative estimate of drug-likeness (QED) is 0.770. The summed E-state index contributed by atoms with van der Waals surface area (Å²) in [6, 6.07) is 7.93. The molecule has 0 saturated heterocycles. The fraction of sp³-hybridized carbons (Fsp3) is 0.500. The topological polar surface area (TPSA) is 38.3 Å². The van der Waals surface area contributed by atoms with Crippen LogP contribution in [0.25, 0.3) is 0 Å². The summed E-state index contributed by atoms with van der Waals surface area (Å²) < 4.78 is 5.23. The van der Waals surface area contributed by atoms with Crippen LogP contribution < -0.4 is 5.32 Å². The molecule has 0 bridgehead atoms. The highest BCUT2D eigenvalue weighted by atomic mass is 16.5. The molecule has 0 heterocycles. The smallest absolute Gasteiger partial charge is 0.325 e. The monoisotopic (exact) mass is 235 g/mol. The van der Waals surface area contributed by atoms with Crippen LogP contribution in [0.5, 0.6) is 0 Å². The van der Waals surface area contributed by atoms with E-state index in [2.05, 4.69) is 12.2 Å². The van der Waals surface area contributed by atoms with Gasteiger partial charge < -0.3 is 10.1 Å². The number of nitrogens with one attached hydrogen (secondary N) is 1. The van der Waals surface area contributed by atoms with Gasteiger partial charge in [0.05, 0.1) is 6.10 Å². The van der Waals surface area contributed by atoms with E-state index in [9.17, 15) is 4.79 Å². The van der Waals surface area contributed by atoms with E-state index in [1.807, 2.05) is 38.1 Å². The average Bonchev–Trinajstić information content (AvgIpc) is 2.28. The standard InChI is InChI=1S/C14H21NO2/c1-4-5-12(3)17-14(16)10-15-13-8-6-11(2)7-9-13/h6-9,12,15H,4-5,10H2,1-3H3. The van der Waals surface area contributed by atoms with E-state index in [1.54, 1.807) is 0 Å². The van der Waals surface area contributed by atoms with Gasteiger partial charge >= 0.3 is 5.97 Å². The number of anilines is 1. The van der Waals surface area contributed by atoms with Crippen molar-refractivity contribution in [2.45, 2.75) is 39.7 Å². The molecule has 1 unspecified atom stereocenters. The zero-order valence-electron chi connectivity index (χ0n) is 10.8. The van der Waals surface area contributed by atoms with Crippen molar-refractivity contribution >= 4 is 11.7 Å². The highest BCUT2D eigenvalue weighted by Crippen LogP contribution is 2.08. The van der Waals surface area contributed by atoms with E-state index in [1.165, 1.54) is 5.56 Å². The first-order valence-corrected chi connectivity index (χ1v) is 6.12. The third-order valence-corrected chi connectivity index (χ3v) is 2.52. The second-order valence-corrected chi connectivity index (χ2v) is 4.31. The number of benzene rings is 1. The van der Waals surface area contributed by atoms with Crippen LogP contribution in [0.15, 0.2) is 24.3 Å². The van der Waals surface area contributed by atoms with Crippen molar-refractivity contribution in [3.8, 4) is 0 Å². The lowest BCUT2D eigenvalue weighted by Gasteiger charge is -2.12. The van der Waals surface area contributed by atoms with Crippen molar-refractivity contribution in [1.82, 2.24) is 0 Å². The number of carbonyl (C=O) groups is 1. The molecule has 1 aromatic rings. The van der Waals surface area contributed by atoms with Crippen LogP contribution in [-0.4, -0.2) is 18.6 Å². The van der Waals surface area contributed by atoms with Gasteiger partial charge in [0.2, 0.25) is 0 Å². The molecule has 0 saturated carbocycles. The number of ether oxygens (including phenoxy) is 1. The van der Waals surface area contributed by atoms with E-state index in [0.29, 0.717) is 0 Å². The Kier molecular flexibility index (Phi) is 5.53. The number of rotatable bonds is 6. The summed E-state index contributed by atoms with van der Waals surface area (Å²) in [6.07, 6.45) is 1.95. The van der Waals surface area contributed by atoms with Crippen LogP contribution >= 0.6 is 0 Å². The molecule has 17 heavy (non-hydrogen) atoms. The first-order chi connectivity index (χ1) is 8.11. The minimum atomic E-state index is -0.202. The van der Waals surface area contributed by atoms with Crippen LogP contribution in [0.1, 0.15) is 32.3 Å². The Morgan fingerprint density at radius 2 is 2.00 bits per heavy atom. The molecule has 3 nitrogen and oxygen atoms in total. The number of hydrogen-bond donors (Lipinski definition) is 1. The molecule has 1 rings (SSSR count). The van der Waals surface area contributed by atoms with Gasteiger partial charge in [-0.2, -0.15) is 0 Å². The largest absolute Gasteiger partial charge is 0.461 e. The number of carbonyl (C=O) groups excluding carboxylic acids is 1. The van der Waals surface area contributed by atoms with Gasteiger partial charge in [-0.15, -0.1) is 0 Å². The van der Waals surface area contributed by atoms with Crippen molar-refractivity contribution in [2.24, 2.45) is 0 Å². The summed E-state index contributed by atoms with van der Waals surface area (Å²) in [6.45, 7) is 6.25. The molecule has 0 amide bonds. The summed E-state index contributed by atoms with van der Waals surface area (Å²) in [5.74, 6) is -0.202. The molecule has 0 aromatic heterocycles. The molecule has 0 aliphatic carbocycles. The molecular weight excluding hydrogens is 214 g/mol. The molecule has 0 radical (unpaired) electrons. The van der Waals surface area contributed by atoms with Crippen LogP contribution in [0, 0.1) is 6.92 Å². The predicted octanol–water partition coefficient (Wildman–Crippen LogP) is 3.14. The number of aryl methyl sites for hydroxylation is 1. The van der Waals surface area contributed by atoms with Crippen molar-refractivity contribution < 1.29 is 9.53 Å². The summed E-state index contributed by atoms with van der Waals surface area (Å²) in [5, 5.41) is 3.04. The average molecular weight is 235 g/mol. The predicted molar refractivity (Wildman–Crippen MR) is 70.1 cm³/mol. The normalized spacial score (nSPS) is 11.9. The van der Waals surface area contributed by atoms with E-state index in [0.717, 1.165) is 18.5 Å². The third-order valence-electron chi connectivity index (χ3n) is 2.52. The molecular formula is C14H21NO2. The summed E-state index contributed by atoms with van der Waals surface area (Å²) in [5.41, 5.74) is 2.14. The second kappa shape index (κ2) is 6.94. The maximum atomic E-state index is 11.5. The minimum Gasteiger partial charge on any atom is -0.461 e. The van der Waals surface area contributed by atoms with Crippen molar-refractivity contribution in [3.63, 3.8) is 0 Å². The molecule has 94 valence electrons. The molecule has 0 aliphatic heterocycles. The zero-order valence-corrected chi connectivity index (χ0v) is 10.8. The number of hydrogen-bond acceptors (Lipinski definition) is 3. The molecule has 1 atom stereocenters. The highest BCUT2D eigenvalue weighted by Gasteiger charge is 2.07. The van der Waals surface area contributed by atoms with Crippen molar-refractivity contribution in [1.29, 1.82) is 0 Å². The first-order valence-electron chi connectivity index (χ1n) is 6.12. The summed E-state index contributed by atoms with van der Waals surface area (Å²) in [7, 11) is 0. The van der Waals surface area contributed by atoms with Crippen molar-refractivity contribution in [3.05, 3.63) is 29.8 Å². The van der Waals surface area contributed by atoms with Gasteiger partial charge in [-0.3, -0.25) is 4.79 Å². The van der Waals surface area contributed by atoms with Gasteiger partial charge in [-0.05, 0) is 32.4 Å². The van der Waals surface area contributed by atoms with Crippen LogP contribution in [0.2, 0.25) is 0 Å². The van der Waals surface area contributed by atoms with Gasteiger partial charge in [0, 0.05) is 5.69 Å². The van der Waals surface area contributed by atoms with Gasteiger partial charge in [0.25, 0.3) is 0 Å². The summed E-state index contributed by atoms with van der Waals surface area (Å²) in [4.78, 5) is 11.5. The molecule has 3 heteroatoms. The lowest BCUT2D eigenvalue weighted by Crippen LogP contribution is -2.21. The van der Waals surface area contributed by atoms with Crippen LogP contribution in [0.4, 0.5) is 5.69 Å². The zero-order chi connectivity index (χ0) is 12.7. The first kappa shape index (κ1) is 13.6. The van der Waals surface area contributed by atoms with E-state index >= 15 is 0 Å². The van der Waals surface area contributed by atoms with E-state index in [-0.39, 0.29) is 18.6 Å². The Morgan fingerprint density at radius 3 is 2.59 bits per heavy atom. The van der Waals surface area contributed by atoms with Gasteiger partial charge in [0.15, 0.2) is 0 Å². The minimum absolute atomic E-state index is 0.00678. The Labute approximate surface area is 103 Å². The molecule has 1 aromatic carbocycles. The maximum absolute atomic E-state index is 11.5. The Morgan fingerprint density at radius 1 is 1.35 bits per heavy atom. The van der Waals surface area contributed by atoms with Gasteiger partial charge in [-0.1, -0.05) is 31.0 Å².